The van der Waals surface area contributed by atoms with Crippen LogP contribution in [-0.4, -0.2) is 30.7 Å². The molecule has 3 N–H and O–H groups in total. The molecule has 1 aromatic heterocycles. The molecule has 0 spiro atoms. The number of aryl methyl sites for hydroxylation is 1. The highest BCUT2D eigenvalue weighted by Gasteiger charge is 2.07. The molecule has 2 rings (SSSR count). The lowest BCUT2D eigenvalue weighted by atomic mass is 10.2. The summed E-state index contributed by atoms with van der Waals surface area (Å²) in [4.78, 5) is 8.77. The number of hydrogen-bond donors (Lipinski definition) is 2. The van der Waals surface area contributed by atoms with Gasteiger partial charge in [-0.1, -0.05) is 0 Å². The Kier molecular flexibility index (Phi) is 9.58. The van der Waals surface area contributed by atoms with Crippen molar-refractivity contribution in [1.29, 1.82) is 0 Å². The lowest BCUT2D eigenvalue weighted by molar-refractivity contribution is 0.332. The zero-order valence-electron chi connectivity index (χ0n) is 14.7. The van der Waals surface area contributed by atoms with E-state index in [2.05, 4.69) is 15.3 Å². The van der Waals surface area contributed by atoms with Crippen LogP contribution in [0.25, 0.3) is 0 Å². The molecule has 0 unspecified atom stereocenters. The number of hydrogen-bond acceptors (Lipinski definition) is 5. The second-order valence-electron chi connectivity index (χ2n) is 5.02. The number of guanidine groups is 1. The molecule has 0 fully saturated rings. The standard InChI is InChI=1S/C17H24N4O2S.HI/c1-4-22-14-6-7-16(23-5-2)15(10-14)21-17(18)19-9-8-13-11-24-12(3)20-13;/h6-7,10-11H,4-5,8-9H2,1-3H3,(H3,18,19,21);1H. The average Bonchev–Trinajstić information content (AvgIpc) is 2.96. The Morgan fingerprint density at radius 3 is 2.68 bits per heavy atom. The van der Waals surface area contributed by atoms with Gasteiger partial charge in [0.2, 0.25) is 0 Å². The Labute approximate surface area is 169 Å². The summed E-state index contributed by atoms with van der Waals surface area (Å²) in [6.45, 7) is 7.63. The first-order valence-electron chi connectivity index (χ1n) is 8.00. The summed E-state index contributed by atoms with van der Waals surface area (Å²) >= 11 is 1.64. The number of benzene rings is 1. The Morgan fingerprint density at radius 1 is 1.28 bits per heavy atom. The highest BCUT2D eigenvalue weighted by molar-refractivity contribution is 14.0. The Hall–Kier alpha value is -1.55. The van der Waals surface area contributed by atoms with Gasteiger partial charge < -0.3 is 20.5 Å². The number of nitrogens with zero attached hydrogens (tertiary/aromatic N) is 2. The smallest absolute Gasteiger partial charge is 0.193 e. The van der Waals surface area contributed by atoms with Crippen molar-refractivity contribution in [3.8, 4) is 11.5 Å². The topological polar surface area (TPSA) is 81.8 Å². The van der Waals surface area contributed by atoms with Crippen molar-refractivity contribution in [3.05, 3.63) is 34.3 Å². The van der Waals surface area contributed by atoms with E-state index >= 15 is 0 Å². The predicted molar refractivity (Wildman–Crippen MR) is 115 cm³/mol. The second kappa shape index (κ2) is 11.1. The van der Waals surface area contributed by atoms with E-state index in [1.807, 2.05) is 44.4 Å². The molecule has 0 aliphatic rings. The minimum absolute atomic E-state index is 0. The summed E-state index contributed by atoms with van der Waals surface area (Å²) in [6.07, 6.45) is 0.768. The monoisotopic (exact) mass is 476 g/mol. The van der Waals surface area contributed by atoms with Crippen molar-refractivity contribution in [2.75, 3.05) is 25.1 Å². The van der Waals surface area contributed by atoms with Crippen molar-refractivity contribution in [1.82, 2.24) is 4.98 Å². The number of aromatic nitrogens is 1. The van der Waals surface area contributed by atoms with E-state index in [0.29, 0.717) is 31.5 Å². The fraction of sp³-hybridized carbons (Fsp3) is 0.412. The van der Waals surface area contributed by atoms with Gasteiger partial charge >= 0.3 is 0 Å². The molecule has 2 aromatic rings. The number of nitrogens with two attached hydrogens (primary N) is 1. The normalized spacial score (nSPS) is 10.9. The molecule has 0 atom stereocenters. The molecule has 138 valence electrons. The van der Waals surface area contributed by atoms with Gasteiger partial charge in [-0.05, 0) is 32.9 Å². The molecule has 0 aliphatic heterocycles. The first-order chi connectivity index (χ1) is 11.6. The summed E-state index contributed by atoms with van der Waals surface area (Å²) < 4.78 is 11.1. The zero-order valence-corrected chi connectivity index (χ0v) is 17.9. The van der Waals surface area contributed by atoms with Crippen LogP contribution >= 0.6 is 35.3 Å². The van der Waals surface area contributed by atoms with Gasteiger partial charge in [0.1, 0.15) is 11.5 Å². The molecule has 0 aliphatic carbocycles. The molecular weight excluding hydrogens is 451 g/mol. The minimum Gasteiger partial charge on any atom is -0.494 e. The average molecular weight is 476 g/mol. The zero-order chi connectivity index (χ0) is 17.4. The molecule has 6 nitrogen and oxygen atoms in total. The first kappa shape index (κ1) is 21.5. The lowest BCUT2D eigenvalue weighted by Gasteiger charge is -2.13. The summed E-state index contributed by atoms with van der Waals surface area (Å²) in [5.41, 5.74) is 7.78. The van der Waals surface area contributed by atoms with Gasteiger partial charge in [-0.15, -0.1) is 35.3 Å². The van der Waals surface area contributed by atoms with Crippen LogP contribution in [0.3, 0.4) is 0 Å². The van der Waals surface area contributed by atoms with Crippen LogP contribution in [0.2, 0.25) is 0 Å². The summed E-state index contributed by atoms with van der Waals surface area (Å²) in [5.74, 6) is 1.82. The SMILES string of the molecule is CCOc1ccc(OCC)c(NC(N)=NCCc2csc(C)n2)c1.I. The number of aliphatic imine (C=N–C) groups is 1. The molecule has 0 bridgehead atoms. The molecule has 0 saturated carbocycles. The van der Waals surface area contributed by atoms with Crippen LogP contribution in [0.15, 0.2) is 28.6 Å². The van der Waals surface area contributed by atoms with Gasteiger partial charge in [0.05, 0.1) is 29.6 Å². The first-order valence-corrected chi connectivity index (χ1v) is 8.88. The molecule has 1 heterocycles. The summed E-state index contributed by atoms with van der Waals surface area (Å²) in [6, 6.07) is 5.60. The van der Waals surface area contributed by atoms with Crippen LogP contribution in [0.1, 0.15) is 24.5 Å². The van der Waals surface area contributed by atoms with Crippen LogP contribution in [0, 0.1) is 6.92 Å². The van der Waals surface area contributed by atoms with E-state index < -0.39 is 0 Å². The summed E-state index contributed by atoms with van der Waals surface area (Å²) in [5, 5.41) is 6.20. The molecule has 1 aromatic carbocycles. The van der Waals surface area contributed by atoms with E-state index in [9.17, 15) is 0 Å². The number of nitrogens with one attached hydrogen (secondary N) is 1. The van der Waals surface area contributed by atoms with Gasteiger partial charge in [-0.3, -0.25) is 4.99 Å². The highest BCUT2D eigenvalue weighted by atomic mass is 127. The van der Waals surface area contributed by atoms with Gasteiger partial charge in [0.25, 0.3) is 0 Å². The minimum atomic E-state index is 0. The number of ether oxygens (including phenoxy) is 2. The van der Waals surface area contributed by atoms with E-state index in [-0.39, 0.29) is 24.0 Å². The van der Waals surface area contributed by atoms with E-state index in [1.54, 1.807) is 11.3 Å². The lowest BCUT2D eigenvalue weighted by Crippen LogP contribution is -2.23. The van der Waals surface area contributed by atoms with E-state index in [4.69, 9.17) is 15.2 Å². The largest absolute Gasteiger partial charge is 0.494 e. The number of halogens is 1. The molecule has 0 amide bonds. The van der Waals surface area contributed by atoms with Gasteiger partial charge in [-0.25, -0.2) is 4.98 Å². The third kappa shape index (κ3) is 7.07. The van der Waals surface area contributed by atoms with E-state index in [0.717, 1.165) is 28.6 Å². The van der Waals surface area contributed by atoms with Crippen LogP contribution in [-0.2, 0) is 6.42 Å². The van der Waals surface area contributed by atoms with Gasteiger partial charge in [-0.2, -0.15) is 0 Å². The number of anilines is 1. The fourth-order valence-electron chi connectivity index (χ4n) is 2.14. The van der Waals surface area contributed by atoms with Crippen LogP contribution < -0.4 is 20.5 Å². The highest BCUT2D eigenvalue weighted by Crippen LogP contribution is 2.29. The quantitative estimate of drug-likeness (QED) is 0.344. The molecule has 25 heavy (non-hydrogen) atoms. The van der Waals surface area contributed by atoms with Crippen LogP contribution in [0.5, 0.6) is 11.5 Å². The predicted octanol–water partition coefficient (Wildman–Crippen LogP) is 3.84. The van der Waals surface area contributed by atoms with Gasteiger partial charge in [0, 0.05) is 24.4 Å². The molecule has 0 radical (unpaired) electrons. The maximum atomic E-state index is 5.99. The molecule has 8 heteroatoms. The third-order valence-corrected chi connectivity index (χ3v) is 3.96. The maximum absolute atomic E-state index is 5.99. The Balaban J connectivity index is 0.00000312. The van der Waals surface area contributed by atoms with Gasteiger partial charge in [0.15, 0.2) is 5.96 Å². The third-order valence-electron chi connectivity index (χ3n) is 3.14. The second-order valence-corrected chi connectivity index (χ2v) is 6.09. The number of thiazole rings is 1. The van der Waals surface area contributed by atoms with Crippen molar-refractivity contribution in [2.45, 2.75) is 27.2 Å². The van der Waals surface area contributed by atoms with Crippen LogP contribution in [0.4, 0.5) is 5.69 Å². The Morgan fingerprint density at radius 2 is 2.04 bits per heavy atom. The van der Waals surface area contributed by atoms with Crippen molar-refractivity contribution in [2.24, 2.45) is 10.7 Å². The maximum Gasteiger partial charge on any atom is 0.193 e. The summed E-state index contributed by atoms with van der Waals surface area (Å²) in [7, 11) is 0. The Bertz CT molecular complexity index is 691. The molecular formula is C17H25IN4O2S. The molecule has 0 saturated heterocycles. The van der Waals surface area contributed by atoms with Crippen molar-refractivity contribution in [3.63, 3.8) is 0 Å². The fourth-order valence-corrected chi connectivity index (χ4v) is 2.78. The number of rotatable bonds is 8. The van der Waals surface area contributed by atoms with E-state index in [1.165, 1.54) is 0 Å². The van der Waals surface area contributed by atoms with Crippen molar-refractivity contribution >= 4 is 47.0 Å². The van der Waals surface area contributed by atoms with Crippen molar-refractivity contribution < 1.29 is 9.47 Å².